The van der Waals surface area contributed by atoms with Crippen LogP contribution in [0.4, 0.5) is 13.2 Å². The molecule has 1 aromatic carbocycles. The van der Waals surface area contributed by atoms with Crippen LogP contribution in [0.5, 0.6) is 0 Å². The number of aromatic nitrogens is 2. The molecular weight excluding hydrogens is 411 g/mol. The molecule has 8 heteroatoms. The van der Waals surface area contributed by atoms with Gasteiger partial charge in [0.25, 0.3) is 0 Å². The first-order valence-corrected chi connectivity index (χ1v) is 11.1. The predicted octanol–water partition coefficient (Wildman–Crippen LogP) is 5.08. The van der Waals surface area contributed by atoms with Gasteiger partial charge in [-0.15, -0.1) is 0 Å². The maximum absolute atomic E-state index is 15.0. The number of pyridine rings is 1. The largest absolute Gasteiger partial charge is 0.347 e. The fraction of sp³-hybridized carbons (Fsp3) is 0.409. The Morgan fingerprint density at radius 3 is 2.53 bits per heavy atom. The predicted molar refractivity (Wildman–Crippen MR) is 113 cm³/mol. The first-order chi connectivity index (χ1) is 14.1. The molecule has 2 heterocycles. The van der Waals surface area contributed by atoms with Crippen molar-refractivity contribution in [1.29, 1.82) is 0 Å². The number of benzene rings is 1. The lowest BCUT2D eigenvalue weighted by atomic mass is 9.97. The summed E-state index contributed by atoms with van der Waals surface area (Å²) in [5.41, 5.74) is 1.24. The summed E-state index contributed by atoms with van der Waals surface area (Å²) in [4.78, 5) is 3.76. The Hall–Kier alpha value is -2.19. The van der Waals surface area contributed by atoms with E-state index < -0.39 is 28.4 Å². The third-order valence-corrected chi connectivity index (χ3v) is 6.50. The summed E-state index contributed by atoms with van der Waals surface area (Å²) in [7, 11) is -1.11. The second kappa shape index (κ2) is 7.81. The highest BCUT2D eigenvalue weighted by atomic mass is 32.2. The molecule has 1 unspecified atom stereocenters. The van der Waals surface area contributed by atoms with Gasteiger partial charge >= 0.3 is 0 Å². The summed E-state index contributed by atoms with van der Waals surface area (Å²) in [5, 5.41) is 0.868. The van der Waals surface area contributed by atoms with Crippen LogP contribution in [-0.4, -0.2) is 19.0 Å². The van der Waals surface area contributed by atoms with Gasteiger partial charge in [-0.05, 0) is 36.0 Å². The lowest BCUT2D eigenvalue weighted by Crippen LogP contribution is -2.19. The highest BCUT2D eigenvalue weighted by molar-refractivity contribution is 7.83. The summed E-state index contributed by atoms with van der Waals surface area (Å²) in [5.74, 6) is -2.37. The maximum Gasteiger partial charge on any atom is 0.152 e. The Morgan fingerprint density at radius 1 is 1.17 bits per heavy atom. The van der Waals surface area contributed by atoms with Crippen molar-refractivity contribution in [2.45, 2.75) is 52.0 Å². The van der Waals surface area contributed by atoms with Crippen molar-refractivity contribution in [3.8, 4) is 11.3 Å². The minimum Gasteiger partial charge on any atom is -0.347 e. The molecule has 0 amide bonds. The van der Waals surface area contributed by atoms with Gasteiger partial charge in [0.2, 0.25) is 0 Å². The maximum atomic E-state index is 15.0. The van der Waals surface area contributed by atoms with Crippen LogP contribution in [0.1, 0.15) is 39.2 Å². The molecule has 30 heavy (non-hydrogen) atoms. The molecule has 1 atom stereocenters. The van der Waals surface area contributed by atoms with E-state index in [1.807, 2.05) is 10.8 Å². The summed E-state index contributed by atoms with van der Waals surface area (Å²) in [6.45, 7) is 7.26. The molecule has 0 saturated heterocycles. The molecule has 0 bridgehead atoms. The van der Waals surface area contributed by atoms with Crippen molar-refractivity contribution < 1.29 is 17.4 Å². The zero-order chi connectivity index (χ0) is 21.6. The fourth-order valence-corrected chi connectivity index (χ4v) is 4.61. The SMILES string of the molecule is CC(C)(C)Cn1cc(CNS(=O)C2CC2)c2cc(F)c(-c3ncc(F)cc3F)cc21. The zero-order valence-electron chi connectivity index (χ0n) is 17.1. The number of rotatable bonds is 6. The Bertz CT molecular complexity index is 1130. The van der Waals surface area contributed by atoms with Gasteiger partial charge in [0.15, 0.2) is 5.82 Å². The van der Waals surface area contributed by atoms with Crippen LogP contribution >= 0.6 is 0 Å². The monoisotopic (exact) mass is 435 g/mol. The Labute approximate surface area is 176 Å². The van der Waals surface area contributed by atoms with Gasteiger partial charge in [-0.2, -0.15) is 0 Å². The number of fused-ring (bicyclic) bond motifs is 1. The van der Waals surface area contributed by atoms with Crippen molar-refractivity contribution in [1.82, 2.24) is 14.3 Å². The summed E-state index contributed by atoms with van der Waals surface area (Å²) in [6.07, 6.45) is 4.71. The van der Waals surface area contributed by atoms with Crippen LogP contribution in [0.15, 0.2) is 30.6 Å². The minimum atomic E-state index is -1.11. The first-order valence-electron chi connectivity index (χ1n) is 9.89. The van der Waals surface area contributed by atoms with E-state index in [2.05, 4.69) is 30.5 Å². The van der Waals surface area contributed by atoms with E-state index in [1.54, 1.807) is 6.07 Å². The molecule has 0 spiro atoms. The number of halogens is 3. The smallest absolute Gasteiger partial charge is 0.152 e. The number of nitrogens with one attached hydrogen (secondary N) is 1. The summed E-state index contributed by atoms with van der Waals surface area (Å²) >= 11 is 0. The average Bonchev–Trinajstić information content (AvgIpc) is 3.44. The standard InChI is InChI=1S/C22H24F3N3OS/c1-22(2,3)12-28-11-13(9-27-30(29)15-4-5-15)16-7-18(24)17(8-20(16)28)21-19(25)6-14(23)10-26-21/h6-8,10-11,15,27H,4-5,9,12H2,1-3H3. The van der Waals surface area contributed by atoms with Gasteiger partial charge in [-0.3, -0.25) is 4.98 Å². The van der Waals surface area contributed by atoms with Crippen molar-refractivity contribution in [3.05, 3.63) is 53.6 Å². The first kappa shape index (κ1) is 21.1. The highest BCUT2D eigenvalue weighted by Gasteiger charge is 2.28. The van der Waals surface area contributed by atoms with Crippen molar-refractivity contribution in [3.63, 3.8) is 0 Å². The van der Waals surface area contributed by atoms with E-state index >= 15 is 0 Å². The zero-order valence-corrected chi connectivity index (χ0v) is 18.0. The van der Waals surface area contributed by atoms with Gasteiger partial charge in [0.05, 0.1) is 17.2 Å². The van der Waals surface area contributed by atoms with Gasteiger partial charge in [-0.25, -0.2) is 22.1 Å². The molecule has 1 aliphatic rings. The molecule has 160 valence electrons. The van der Waals surface area contributed by atoms with Crippen molar-refractivity contribution in [2.24, 2.45) is 5.41 Å². The van der Waals surface area contributed by atoms with E-state index in [0.717, 1.165) is 30.1 Å². The number of hydrogen-bond donors (Lipinski definition) is 1. The molecular formula is C22H24F3N3OS. The highest BCUT2D eigenvalue weighted by Crippen LogP contribution is 2.33. The van der Waals surface area contributed by atoms with Crippen molar-refractivity contribution in [2.75, 3.05) is 0 Å². The third kappa shape index (κ3) is 4.44. The quantitative estimate of drug-likeness (QED) is 0.587. The van der Waals surface area contributed by atoms with E-state index in [-0.39, 0.29) is 21.9 Å². The molecule has 2 aromatic heterocycles. The normalized spacial score (nSPS) is 15.7. The molecule has 3 aromatic rings. The molecule has 4 rings (SSSR count). The van der Waals surface area contributed by atoms with Crippen LogP contribution in [0.3, 0.4) is 0 Å². The lowest BCUT2D eigenvalue weighted by molar-refractivity contribution is 0.349. The average molecular weight is 436 g/mol. The molecule has 4 nitrogen and oxygen atoms in total. The van der Waals surface area contributed by atoms with E-state index in [4.69, 9.17) is 0 Å². The molecule has 1 saturated carbocycles. The second-order valence-corrected chi connectivity index (χ2v) is 10.5. The van der Waals surface area contributed by atoms with Gasteiger partial charge in [-0.1, -0.05) is 20.8 Å². The lowest BCUT2D eigenvalue weighted by Gasteiger charge is -2.20. The minimum absolute atomic E-state index is 0.0191. The van der Waals surface area contributed by atoms with Gasteiger partial charge < -0.3 is 4.57 Å². The second-order valence-electron chi connectivity index (χ2n) is 8.99. The van der Waals surface area contributed by atoms with Gasteiger partial charge in [0, 0.05) is 47.1 Å². The topological polar surface area (TPSA) is 46.9 Å². The fourth-order valence-electron chi connectivity index (χ4n) is 3.51. The van der Waals surface area contributed by atoms with E-state index in [1.165, 1.54) is 6.07 Å². The van der Waals surface area contributed by atoms with Crippen LogP contribution < -0.4 is 4.72 Å². The van der Waals surface area contributed by atoms with E-state index in [9.17, 15) is 17.4 Å². The van der Waals surface area contributed by atoms with Crippen LogP contribution in [0.2, 0.25) is 0 Å². The van der Waals surface area contributed by atoms with Crippen LogP contribution in [0, 0.1) is 22.9 Å². The van der Waals surface area contributed by atoms with Crippen LogP contribution in [-0.2, 0) is 24.1 Å². The Balaban J connectivity index is 1.79. The molecule has 1 fully saturated rings. The molecule has 0 aliphatic heterocycles. The number of hydrogen-bond acceptors (Lipinski definition) is 2. The van der Waals surface area contributed by atoms with Crippen molar-refractivity contribution >= 4 is 21.9 Å². The summed E-state index contributed by atoms with van der Waals surface area (Å²) in [6, 6.07) is 3.61. The Morgan fingerprint density at radius 2 is 1.90 bits per heavy atom. The van der Waals surface area contributed by atoms with E-state index in [0.29, 0.717) is 24.5 Å². The molecule has 0 radical (unpaired) electrons. The molecule has 1 N–H and O–H groups in total. The number of nitrogens with zero attached hydrogens (tertiary/aromatic N) is 2. The molecule has 1 aliphatic carbocycles. The van der Waals surface area contributed by atoms with Crippen LogP contribution in [0.25, 0.3) is 22.2 Å². The summed E-state index contributed by atoms with van der Waals surface area (Å²) < 4.78 is 59.7. The Kier molecular flexibility index (Phi) is 5.48. The third-order valence-electron chi connectivity index (χ3n) is 4.99. The van der Waals surface area contributed by atoms with Gasteiger partial charge in [0.1, 0.15) is 17.3 Å².